The second-order valence-corrected chi connectivity index (χ2v) is 6.37. The number of nitrogens with one attached hydrogen (secondary N) is 2. The fourth-order valence-electron chi connectivity index (χ4n) is 2.31. The smallest absolute Gasteiger partial charge is 0.328 e. The highest BCUT2D eigenvalue weighted by molar-refractivity contribution is 6.40. The van der Waals surface area contributed by atoms with Gasteiger partial charge in [0.05, 0.1) is 22.2 Å². The molecule has 0 saturated carbocycles. The molecule has 0 spiro atoms. The van der Waals surface area contributed by atoms with Crippen LogP contribution in [-0.4, -0.2) is 42.0 Å². The maximum absolute atomic E-state index is 12.5. The summed E-state index contributed by atoms with van der Waals surface area (Å²) in [5.41, 5.74) is 6.68. The lowest BCUT2D eigenvalue weighted by atomic mass is 10.0. The van der Waals surface area contributed by atoms with E-state index in [9.17, 15) is 19.5 Å². The van der Waals surface area contributed by atoms with Crippen molar-refractivity contribution < 1.29 is 19.5 Å². The van der Waals surface area contributed by atoms with Crippen LogP contribution in [0.4, 0.5) is 0 Å². The van der Waals surface area contributed by atoms with E-state index in [0.717, 1.165) is 5.56 Å². The van der Waals surface area contributed by atoms with E-state index in [4.69, 9.17) is 28.9 Å². The van der Waals surface area contributed by atoms with Gasteiger partial charge < -0.3 is 21.5 Å². The SMILES string of the molecule is Cl.NCC(=O)NC[C@H](NC(=O)c1c(Cl)cc(-c2ccccc2)cc1Cl)C(=O)O. The molecule has 7 nitrogen and oxygen atoms in total. The Morgan fingerprint density at radius 2 is 1.61 bits per heavy atom. The van der Waals surface area contributed by atoms with Gasteiger partial charge >= 0.3 is 5.97 Å². The maximum atomic E-state index is 12.5. The molecule has 0 aliphatic heterocycles. The zero-order chi connectivity index (χ0) is 20.0. The van der Waals surface area contributed by atoms with Gasteiger partial charge in [0.15, 0.2) is 0 Å². The Labute approximate surface area is 177 Å². The Kier molecular flexibility index (Phi) is 9.21. The largest absolute Gasteiger partial charge is 0.480 e. The molecule has 2 rings (SSSR count). The zero-order valence-corrected chi connectivity index (χ0v) is 16.8. The van der Waals surface area contributed by atoms with E-state index in [1.807, 2.05) is 30.3 Å². The number of halogens is 3. The molecule has 10 heteroatoms. The van der Waals surface area contributed by atoms with Crippen LogP contribution in [0.1, 0.15) is 10.4 Å². The van der Waals surface area contributed by atoms with E-state index < -0.39 is 23.8 Å². The van der Waals surface area contributed by atoms with Gasteiger partial charge in [-0.1, -0.05) is 53.5 Å². The second-order valence-electron chi connectivity index (χ2n) is 5.55. The summed E-state index contributed by atoms with van der Waals surface area (Å²) in [5, 5.41) is 14.0. The van der Waals surface area contributed by atoms with Crippen molar-refractivity contribution in [2.45, 2.75) is 6.04 Å². The van der Waals surface area contributed by atoms with Crippen molar-refractivity contribution in [3.8, 4) is 11.1 Å². The summed E-state index contributed by atoms with van der Waals surface area (Å²) in [7, 11) is 0. The maximum Gasteiger partial charge on any atom is 0.328 e. The van der Waals surface area contributed by atoms with Crippen molar-refractivity contribution >= 4 is 53.4 Å². The molecule has 1 atom stereocenters. The van der Waals surface area contributed by atoms with E-state index in [2.05, 4.69) is 10.6 Å². The van der Waals surface area contributed by atoms with E-state index >= 15 is 0 Å². The van der Waals surface area contributed by atoms with Gasteiger partial charge in [0.25, 0.3) is 5.91 Å². The summed E-state index contributed by atoms with van der Waals surface area (Å²) in [6, 6.07) is 11.1. The molecule has 2 aromatic carbocycles. The minimum atomic E-state index is -1.37. The minimum Gasteiger partial charge on any atom is -0.480 e. The molecule has 5 N–H and O–H groups in total. The van der Waals surface area contributed by atoms with Crippen LogP contribution >= 0.6 is 35.6 Å². The van der Waals surface area contributed by atoms with E-state index in [-0.39, 0.29) is 41.1 Å². The Morgan fingerprint density at radius 3 is 2.11 bits per heavy atom. The lowest BCUT2D eigenvalue weighted by molar-refractivity contribution is -0.139. The topological polar surface area (TPSA) is 122 Å². The summed E-state index contributed by atoms with van der Waals surface area (Å²) in [6.07, 6.45) is 0. The number of nitrogens with two attached hydrogens (primary N) is 1. The third kappa shape index (κ3) is 6.10. The summed E-state index contributed by atoms with van der Waals surface area (Å²) in [4.78, 5) is 35.0. The van der Waals surface area contributed by atoms with Crippen molar-refractivity contribution in [1.29, 1.82) is 0 Å². The number of benzene rings is 2. The average molecular weight is 447 g/mol. The fraction of sp³-hybridized carbons (Fsp3) is 0.167. The molecule has 0 unspecified atom stereocenters. The van der Waals surface area contributed by atoms with Crippen LogP contribution < -0.4 is 16.4 Å². The standard InChI is InChI=1S/C18H17Cl2N3O4.ClH/c19-12-6-11(10-4-2-1-3-5-10)7-13(20)16(12)17(25)23-14(18(26)27)9-22-15(24)8-21;/h1-7,14H,8-9,21H2,(H,22,24)(H,23,25)(H,26,27);1H/t14-;/m0./s1. The third-order valence-electron chi connectivity index (χ3n) is 3.67. The zero-order valence-electron chi connectivity index (χ0n) is 14.4. The van der Waals surface area contributed by atoms with Crippen LogP contribution in [0.15, 0.2) is 42.5 Å². The van der Waals surface area contributed by atoms with Crippen LogP contribution in [0.5, 0.6) is 0 Å². The Bertz CT molecular complexity index is 839. The molecule has 0 heterocycles. The molecular formula is C18H18Cl3N3O4. The van der Waals surface area contributed by atoms with Gasteiger partial charge in [-0.2, -0.15) is 0 Å². The van der Waals surface area contributed by atoms with Gasteiger partial charge in [-0.15, -0.1) is 12.4 Å². The monoisotopic (exact) mass is 445 g/mol. The van der Waals surface area contributed by atoms with Crippen LogP contribution in [-0.2, 0) is 9.59 Å². The van der Waals surface area contributed by atoms with E-state index in [1.165, 1.54) is 0 Å². The molecule has 2 aromatic rings. The predicted octanol–water partition coefficient (Wildman–Crippen LogP) is 2.34. The lowest BCUT2D eigenvalue weighted by Crippen LogP contribution is -2.49. The first-order chi connectivity index (χ1) is 12.8. The summed E-state index contributed by atoms with van der Waals surface area (Å²) in [5.74, 6) is -2.63. The predicted molar refractivity (Wildman–Crippen MR) is 110 cm³/mol. The highest BCUT2D eigenvalue weighted by atomic mass is 35.5. The van der Waals surface area contributed by atoms with Crippen LogP contribution in [0.3, 0.4) is 0 Å². The lowest BCUT2D eigenvalue weighted by Gasteiger charge is -2.17. The Hall–Kier alpha value is -2.32. The first-order valence-corrected chi connectivity index (χ1v) is 8.64. The van der Waals surface area contributed by atoms with Gasteiger partial charge in [-0.3, -0.25) is 9.59 Å². The number of carbonyl (C=O) groups is 3. The molecule has 0 aliphatic carbocycles. The third-order valence-corrected chi connectivity index (χ3v) is 4.26. The van der Waals surface area contributed by atoms with Crippen molar-refractivity contribution in [2.24, 2.45) is 5.73 Å². The first kappa shape index (κ1) is 23.7. The fourth-order valence-corrected chi connectivity index (χ4v) is 2.96. The van der Waals surface area contributed by atoms with Crippen LogP contribution in [0, 0.1) is 0 Å². The molecule has 0 radical (unpaired) electrons. The number of aliphatic carboxylic acids is 1. The molecule has 28 heavy (non-hydrogen) atoms. The number of hydrogen-bond donors (Lipinski definition) is 4. The Balaban J connectivity index is 0.00000392. The minimum absolute atomic E-state index is 0. The van der Waals surface area contributed by atoms with Crippen molar-refractivity contribution in [3.05, 3.63) is 58.1 Å². The average Bonchev–Trinajstić information content (AvgIpc) is 2.64. The van der Waals surface area contributed by atoms with Gasteiger partial charge in [0.2, 0.25) is 5.91 Å². The Morgan fingerprint density at radius 1 is 1.04 bits per heavy atom. The summed E-state index contributed by atoms with van der Waals surface area (Å²) >= 11 is 12.4. The highest BCUT2D eigenvalue weighted by Gasteiger charge is 2.24. The van der Waals surface area contributed by atoms with Crippen molar-refractivity contribution in [2.75, 3.05) is 13.1 Å². The van der Waals surface area contributed by atoms with E-state index in [1.54, 1.807) is 12.1 Å². The molecule has 0 aliphatic rings. The quantitative estimate of drug-likeness (QED) is 0.520. The number of carboxylic acids is 1. The number of carbonyl (C=O) groups excluding carboxylic acids is 2. The normalized spacial score (nSPS) is 11.1. The van der Waals surface area contributed by atoms with Gasteiger partial charge in [0, 0.05) is 6.54 Å². The molecule has 150 valence electrons. The molecular weight excluding hydrogens is 429 g/mol. The van der Waals surface area contributed by atoms with Gasteiger partial charge in [0.1, 0.15) is 6.04 Å². The summed E-state index contributed by atoms with van der Waals surface area (Å²) < 4.78 is 0. The van der Waals surface area contributed by atoms with Gasteiger partial charge in [-0.25, -0.2) is 4.79 Å². The van der Waals surface area contributed by atoms with E-state index in [0.29, 0.717) is 5.56 Å². The number of amides is 2. The van der Waals surface area contributed by atoms with Crippen LogP contribution in [0.25, 0.3) is 11.1 Å². The molecule has 0 bridgehead atoms. The van der Waals surface area contributed by atoms with Crippen molar-refractivity contribution in [1.82, 2.24) is 10.6 Å². The number of carboxylic acid groups (broad SMARTS) is 1. The number of rotatable bonds is 7. The second kappa shape index (κ2) is 10.9. The molecule has 0 fully saturated rings. The summed E-state index contributed by atoms with van der Waals surface area (Å²) in [6.45, 7) is -0.618. The van der Waals surface area contributed by atoms with Crippen molar-refractivity contribution in [3.63, 3.8) is 0 Å². The van der Waals surface area contributed by atoms with Crippen LogP contribution in [0.2, 0.25) is 10.0 Å². The van der Waals surface area contributed by atoms with Gasteiger partial charge in [-0.05, 0) is 23.3 Å². The first-order valence-electron chi connectivity index (χ1n) is 7.88. The molecule has 2 amide bonds. The highest BCUT2D eigenvalue weighted by Crippen LogP contribution is 2.31. The number of hydrogen-bond acceptors (Lipinski definition) is 4. The molecule has 0 aromatic heterocycles. The molecule has 0 saturated heterocycles.